The fourth-order valence-corrected chi connectivity index (χ4v) is 5.65. The summed E-state index contributed by atoms with van der Waals surface area (Å²) in [5.41, 5.74) is 6.02. The van der Waals surface area contributed by atoms with Gasteiger partial charge in [-0.1, -0.05) is 53.7 Å². The number of nitrogens with zero attached hydrogens (tertiary/aromatic N) is 4. The summed E-state index contributed by atoms with van der Waals surface area (Å²) < 4.78 is 25.2. The standard InChI is InChI=1S/C26H30N4O3S/c1-19-5-3-4-6-24(19)25(17-26(29-31)23-11-14-27-28-18-23)22-9-7-20(8-10-22)21-12-15-30(16-13-21)34(2,32)33/h3-11,14,18,21,25,31H,12-13,15-17H2,1-2H3/b29-26+. The fraction of sp³-hybridized carbons (Fsp3) is 0.346. The van der Waals surface area contributed by atoms with Crippen molar-refractivity contribution < 1.29 is 13.6 Å². The molecule has 2 heterocycles. The lowest BCUT2D eigenvalue weighted by molar-refractivity contribution is 0.317. The van der Waals surface area contributed by atoms with Gasteiger partial charge in [0.1, 0.15) is 0 Å². The summed E-state index contributed by atoms with van der Waals surface area (Å²) in [7, 11) is -3.13. The topological polar surface area (TPSA) is 95.8 Å². The van der Waals surface area contributed by atoms with Gasteiger partial charge in [-0.3, -0.25) is 0 Å². The van der Waals surface area contributed by atoms with Crippen molar-refractivity contribution in [2.45, 2.75) is 38.0 Å². The van der Waals surface area contributed by atoms with Crippen molar-refractivity contribution in [1.82, 2.24) is 14.5 Å². The predicted octanol–water partition coefficient (Wildman–Crippen LogP) is 4.32. The maximum Gasteiger partial charge on any atom is 0.211 e. The predicted molar refractivity (Wildman–Crippen MR) is 133 cm³/mol. The first kappa shape index (κ1) is 24.0. The van der Waals surface area contributed by atoms with Gasteiger partial charge in [0.05, 0.1) is 24.4 Å². The summed E-state index contributed by atoms with van der Waals surface area (Å²) in [5.74, 6) is 0.350. The van der Waals surface area contributed by atoms with E-state index < -0.39 is 10.0 Å². The molecule has 1 atom stereocenters. The van der Waals surface area contributed by atoms with Crippen molar-refractivity contribution in [2.24, 2.45) is 5.16 Å². The van der Waals surface area contributed by atoms with Gasteiger partial charge in [0.2, 0.25) is 10.0 Å². The van der Waals surface area contributed by atoms with E-state index in [0.717, 1.165) is 24.0 Å². The summed E-state index contributed by atoms with van der Waals surface area (Å²) in [5, 5.41) is 21.1. The summed E-state index contributed by atoms with van der Waals surface area (Å²) in [6.45, 7) is 3.22. The van der Waals surface area contributed by atoms with Crippen LogP contribution in [0.25, 0.3) is 0 Å². The first-order valence-corrected chi connectivity index (χ1v) is 13.3. The average molecular weight is 479 g/mol. The van der Waals surface area contributed by atoms with Gasteiger partial charge < -0.3 is 5.21 Å². The van der Waals surface area contributed by atoms with Crippen molar-refractivity contribution in [3.05, 3.63) is 94.8 Å². The van der Waals surface area contributed by atoms with Crippen LogP contribution in [-0.2, 0) is 10.0 Å². The minimum absolute atomic E-state index is 0.00129. The molecule has 1 unspecified atom stereocenters. The van der Waals surface area contributed by atoms with Crippen LogP contribution in [0.2, 0.25) is 0 Å². The third-order valence-electron chi connectivity index (χ3n) is 6.73. The van der Waals surface area contributed by atoms with Gasteiger partial charge in [-0.25, -0.2) is 12.7 Å². The number of hydrogen-bond donors (Lipinski definition) is 1. The molecule has 1 aromatic heterocycles. The van der Waals surface area contributed by atoms with Gasteiger partial charge in [-0.15, -0.1) is 0 Å². The van der Waals surface area contributed by atoms with Gasteiger partial charge in [-0.05, 0) is 54.0 Å². The molecule has 0 bridgehead atoms. The highest BCUT2D eigenvalue weighted by molar-refractivity contribution is 7.88. The normalized spacial score (nSPS) is 16.9. The van der Waals surface area contributed by atoms with Gasteiger partial charge in [0.25, 0.3) is 0 Å². The zero-order chi connectivity index (χ0) is 24.1. The molecule has 4 rings (SSSR count). The lowest BCUT2D eigenvalue weighted by Crippen LogP contribution is -2.37. The van der Waals surface area contributed by atoms with Crippen LogP contribution in [0.3, 0.4) is 0 Å². The highest BCUT2D eigenvalue weighted by atomic mass is 32.2. The number of aryl methyl sites for hydroxylation is 1. The molecule has 0 spiro atoms. The van der Waals surface area contributed by atoms with Crippen LogP contribution in [0.4, 0.5) is 0 Å². The Labute approximate surface area is 201 Å². The van der Waals surface area contributed by atoms with Gasteiger partial charge in [-0.2, -0.15) is 10.2 Å². The van der Waals surface area contributed by atoms with Crippen LogP contribution >= 0.6 is 0 Å². The molecular formula is C26H30N4O3S. The molecule has 1 aliphatic heterocycles. The average Bonchev–Trinajstić information content (AvgIpc) is 2.86. The zero-order valence-corrected chi connectivity index (χ0v) is 20.3. The molecule has 1 saturated heterocycles. The van der Waals surface area contributed by atoms with Gasteiger partial charge >= 0.3 is 0 Å². The Bertz CT molecular complexity index is 1240. The Balaban J connectivity index is 1.59. The van der Waals surface area contributed by atoms with Crippen molar-refractivity contribution in [2.75, 3.05) is 19.3 Å². The van der Waals surface area contributed by atoms with E-state index in [1.54, 1.807) is 22.8 Å². The Kier molecular flexibility index (Phi) is 7.38. The quantitative estimate of drug-likeness (QED) is 0.310. The van der Waals surface area contributed by atoms with E-state index in [2.05, 4.69) is 58.7 Å². The van der Waals surface area contributed by atoms with Crippen LogP contribution < -0.4 is 0 Å². The number of oxime groups is 1. The van der Waals surface area contributed by atoms with E-state index >= 15 is 0 Å². The van der Waals surface area contributed by atoms with E-state index in [1.165, 1.54) is 22.9 Å². The summed E-state index contributed by atoms with van der Waals surface area (Å²) in [6.07, 6.45) is 6.63. The number of aromatic nitrogens is 2. The Morgan fingerprint density at radius 3 is 2.38 bits per heavy atom. The largest absolute Gasteiger partial charge is 0.411 e. The lowest BCUT2D eigenvalue weighted by atomic mass is 9.82. The molecule has 2 aromatic carbocycles. The second-order valence-corrected chi connectivity index (χ2v) is 10.9. The number of rotatable bonds is 7. The van der Waals surface area contributed by atoms with E-state index in [4.69, 9.17) is 0 Å². The van der Waals surface area contributed by atoms with E-state index in [9.17, 15) is 13.6 Å². The fourth-order valence-electron chi connectivity index (χ4n) is 4.78. The second kappa shape index (κ2) is 10.4. The molecule has 7 nitrogen and oxygen atoms in total. The lowest BCUT2D eigenvalue weighted by Gasteiger charge is -2.30. The first-order chi connectivity index (χ1) is 16.4. The summed E-state index contributed by atoms with van der Waals surface area (Å²) >= 11 is 0. The molecule has 0 radical (unpaired) electrons. The minimum Gasteiger partial charge on any atom is -0.411 e. The van der Waals surface area contributed by atoms with E-state index in [1.807, 2.05) is 12.1 Å². The van der Waals surface area contributed by atoms with Crippen LogP contribution in [0.1, 0.15) is 58.9 Å². The molecule has 0 amide bonds. The van der Waals surface area contributed by atoms with Crippen molar-refractivity contribution in [3.8, 4) is 0 Å². The molecule has 8 heteroatoms. The molecule has 178 valence electrons. The second-order valence-electron chi connectivity index (χ2n) is 8.89. The molecule has 1 aliphatic rings. The summed E-state index contributed by atoms with van der Waals surface area (Å²) in [6, 6.07) is 18.7. The third-order valence-corrected chi connectivity index (χ3v) is 8.04. The summed E-state index contributed by atoms with van der Waals surface area (Å²) in [4.78, 5) is 0. The molecule has 1 N–H and O–H groups in total. The minimum atomic E-state index is -3.13. The molecular weight excluding hydrogens is 448 g/mol. The Morgan fingerprint density at radius 2 is 1.79 bits per heavy atom. The number of sulfonamides is 1. The molecule has 3 aromatic rings. The van der Waals surface area contributed by atoms with Crippen LogP contribution in [0.15, 0.2) is 72.1 Å². The molecule has 0 aliphatic carbocycles. The van der Waals surface area contributed by atoms with Crippen molar-refractivity contribution in [1.29, 1.82) is 0 Å². The van der Waals surface area contributed by atoms with Gasteiger partial charge in [0, 0.05) is 31.0 Å². The SMILES string of the molecule is Cc1ccccc1C(C/C(=N\O)c1ccnnc1)c1ccc(C2CCN(S(C)(=O)=O)CC2)cc1. The van der Waals surface area contributed by atoms with Crippen LogP contribution in [-0.4, -0.2) is 53.2 Å². The molecule has 1 fully saturated rings. The first-order valence-electron chi connectivity index (χ1n) is 11.5. The van der Waals surface area contributed by atoms with Crippen LogP contribution in [0, 0.1) is 6.92 Å². The molecule has 0 saturated carbocycles. The van der Waals surface area contributed by atoms with Gasteiger partial charge in [0.15, 0.2) is 0 Å². The van der Waals surface area contributed by atoms with Crippen molar-refractivity contribution in [3.63, 3.8) is 0 Å². The monoisotopic (exact) mass is 478 g/mol. The zero-order valence-electron chi connectivity index (χ0n) is 19.5. The highest BCUT2D eigenvalue weighted by Gasteiger charge is 2.26. The highest BCUT2D eigenvalue weighted by Crippen LogP contribution is 2.34. The van der Waals surface area contributed by atoms with E-state index in [-0.39, 0.29) is 5.92 Å². The maximum atomic E-state index is 11.8. The van der Waals surface area contributed by atoms with E-state index in [0.29, 0.717) is 31.1 Å². The molecule has 34 heavy (non-hydrogen) atoms. The number of hydrogen-bond acceptors (Lipinski definition) is 6. The number of benzene rings is 2. The maximum absolute atomic E-state index is 11.8. The Hall–Kier alpha value is -3.10. The van der Waals surface area contributed by atoms with Crippen LogP contribution in [0.5, 0.6) is 0 Å². The Morgan fingerprint density at radius 1 is 1.09 bits per heavy atom. The van der Waals surface area contributed by atoms with Crippen molar-refractivity contribution >= 4 is 15.7 Å². The smallest absolute Gasteiger partial charge is 0.211 e. The number of piperidine rings is 1. The third kappa shape index (κ3) is 5.51.